The van der Waals surface area contributed by atoms with Gasteiger partial charge in [-0.3, -0.25) is 4.79 Å². The molecule has 0 aliphatic carbocycles. The van der Waals surface area contributed by atoms with Gasteiger partial charge in [-0.2, -0.15) is 0 Å². The van der Waals surface area contributed by atoms with Gasteiger partial charge in [0.25, 0.3) is 0 Å². The minimum Gasteiger partial charge on any atom is -0.493 e. The zero-order valence-corrected chi connectivity index (χ0v) is 14.0. The van der Waals surface area contributed by atoms with Crippen molar-refractivity contribution in [2.45, 2.75) is 6.42 Å². The number of halogens is 1. The second-order valence-electron chi connectivity index (χ2n) is 5.75. The maximum Gasteiger partial charge on any atom is 0.227 e. The van der Waals surface area contributed by atoms with Crippen LogP contribution in [0, 0.1) is 11.7 Å². The highest BCUT2D eigenvalue weighted by atomic mass is 19.1. The minimum absolute atomic E-state index is 0.0730. The van der Waals surface area contributed by atoms with Crippen LogP contribution in [0.2, 0.25) is 0 Å². The second-order valence-corrected chi connectivity index (χ2v) is 5.75. The minimum atomic E-state index is -0.310. The van der Waals surface area contributed by atoms with Crippen molar-refractivity contribution in [2.24, 2.45) is 5.92 Å². The average molecular weight is 345 g/mol. The van der Waals surface area contributed by atoms with Crippen LogP contribution in [0.4, 0.5) is 4.39 Å². The summed E-state index contributed by atoms with van der Waals surface area (Å²) in [4.78, 5) is 12.3. The number of hydrogen-bond acceptors (Lipinski definition) is 4. The molecule has 1 atom stereocenters. The molecular formula is C19H20FNO4. The molecular weight excluding hydrogens is 325 g/mol. The Morgan fingerprint density at radius 2 is 2.08 bits per heavy atom. The summed E-state index contributed by atoms with van der Waals surface area (Å²) < 4.78 is 29.2. The fourth-order valence-corrected chi connectivity index (χ4v) is 2.74. The first-order valence-electron chi connectivity index (χ1n) is 8.12. The molecule has 0 radical (unpaired) electrons. The van der Waals surface area contributed by atoms with Crippen molar-refractivity contribution >= 4 is 5.91 Å². The Bertz CT molecular complexity index is 733. The second kappa shape index (κ2) is 7.88. The van der Waals surface area contributed by atoms with E-state index in [0.29, 0.717) is 43.4 Å². The highest BCUT2D eigenvalue weighted by Gasteiger charge is 2.27. The Kier molecular flexibility index (Phi) is 5.38. The van der Waals surface area contributed by atoms with E-state index in [-0.39, 0.29) is 17.6 Å². The highest BCUT2D eigenvalue weighted by molar-refractivity contribution is 5.79. The number of hydrogen-bond donors (Lipinski definition) is 1. The fourth-order valence-electron chi connectivity index (χ4n) is 2.74. The van der Waals surface area contributed by atoms with Gasteiger partial charge in [0, 0.05) is 0 Å². The van der Waals surface area contributed by atoms with Crippen LogP contribution in [0.1, 0.15) is 5.56 Å². The third-order valence-electron chi connectivity index (χ3n) is 4.03. The van der Waals surface area contributed by atoms with Crippen LogP contribution in [-0.2, 0) is 11.2 Å². The number of ether oxygens (including phenoxy) is 3. The number of carbonyl (C=O) groups excluding carboxylic acids is 1. The van der Waals surface area contributed by atoms with Gasteiger partial charge < -0.3 is 19.5 Å². The van der Waals surface area contributed by atoms with E-state index in [1.807, 2.05) is 18.2 Å². The zero-order valence-electron chi connectivity index (χ0n) is 14.0. The van der Waals surface area contributed by atoms with E-state index >= 15 is 0 Å². The van der Waals surface area contributed by atoms with Gasteiger partial charge in [0.2, 0.25) is 5.91 Å². The molecule has 6 heteroatoms. The fraction of sp³-hybridized carbons (Fsp3) is 0.316. The quantitative estimate of drug-likeness (QED) is 0.818. The molecule has 5 nitrogen and oxygen atoms in total. The summed E-state index contributed by atoms with van der Waals surface area (Å²) in [6.07, 6.45) is 0.608. The van der Waals surface area contributed by atoms with Crippen LogP contribution in [0.15, 0.2) is 42.5 Å². The Hall–Kier alpha value is -2.76. The average Bonchev–Trinajstić information content (AvgIpc) is 2.65. The summed E-state index contributed by atoms with van der Waals surface area (Å²) in [5, 5.41) is 2.84. The number of benzene rings is 2. The number of methoxy groups -OCH3 is 1. The summed E-state index contributed by atoms with van der Waals surface area (Å²) >= 11 is 0. The van der Waals surface area contributed by atoms with Crippen LogP contribution in [0.3, 0.4) is 0 Å². The van der Waals surface area contributed by atoms with Gasteiger partial charge in [0.15, 0.2) is 11.5 Å². The van der Waals surface area contributed by atoms with Gasteiger partial charge in [-0.05, 0) is 42.3 Å². The Balaban J connectivity index is 1.46. The van der Waals surface area contributed by atoms with Crippen molar-refractivity contribution in [3.05, 3.63) is 53.8 Å². The van der Waals surface area contributed by atoms with Crippen molar-refractivity contribution in [3.8, 4) is 17.2 Å². The number of para-hydroxylation sites is 1. The van der Waals surface area contributed by atoms with Crippen LogP contribution in [0.25, 0.3) is 0 Å². The van der Waals surface area contributed by atoms with Gasteiger partial charge >= 0.3 is 0 Å². The third kappa shape index (κ3) is 4.21. The van der Waals surface area contributed by atoms with Gasteiger partial charge in [-0.15, -0.1) is 0 Å². The molecule has 132 valence electrons. The van der Waals surface area contributed by atoms with Gasteiger partial charge in [-0.1, -0.05) is 12.1 Å². The van der Waals surface area contributed by atoms with Crippen LogP contribution >= 0.6 is 0 Å². The molecule has 0 unspecified atom stereocenters. The first-order chi connectivity index (χ1) is 12.2. The van der Waals surface area contributed by atoms with E-state index < -0.39 is 0 Å². The lowest BCUT2D eigenvalue weighted by Crippen LogP contribution is -2.39. The van der Waals surface area contributed by atoms with E-state index in [1.54, 1.807) is 19.2 Å². The molecule has 25 heavy (non-hydrogen) atoms. The van der Waals surface area contributed by atoms with Gasteiger partial charge in [0.1, 0.15) is 24.8 Å². The number of nitrogens with one attached hydrogen (secondary N) is 1. The number of carbonyl (C=O) groups is 1. The Morgan fingerprint density at radius 3 is 2.84 bits per heavy atom. The molecule has 2 aromatic carbocycles. The molecule has 0 aromatic heterocycles. The normalized spacial score (nSPS) is 15.7. The maximum atomic E-state index is 12.8. The van der Waals surface area contributed by atoms with E-state index in [4.69, 9.17) is 14.2 Å². The van der Waals surface area contributed by atoms with Gasteiger partial charge in [-0.25, -0.2) is 4.39 Å². The molecule has 0 bridgehead atoms. The highest BCUT2D eigenvalue weighted by Crippen LogP contribution is 2.35. The Morgan fingerprint density at radius 1 is 1.28 bits per heavy atom. The molecule has 0 saturated carbocycles. The third-order valence-corrected chi connectivity index (χ3v) is 4.03. The van der Waals surface area contributed by atoms with Crippen LogP contribution in [0.5, 0.6) is 17.2 Å². The van der Waals surface area contributed by atoms with Crippen molar-refractivity contribution in [1.29, 1.82) is 0 Å². The van der Waals surface area contributed by atoms with Crippen molar-refractivity contribution < 1.29 is 23.4 Å². The molecule has 0 spiro atoms. The molecule has 3 rings (SSSR count). The molecule has 0 saturated heterocycles. The molecule has 2 aromatic rings. The number of rotatable bonds is 6. The summed E-state index contributed by atoms with van der Waals surface area (Å²) in [5.74, 6) is 1.34. The maximum absolute atomic E-state index is 12.8. The van der Waals surface area contributed by atoms with Crippen LogP contribution in [-0.4, -0.2) is 32.8 Å². The number of amides is 1. The Labute approximate surface area is 145 Å². The predicted octanol–water partition coefficient (Wildman–Crippen LogP) is 2.58. The predicted molar refractivity (Wildman–Crippen MR) is 90.6 cm³/mol. The van der Waals surface area contributed by atoms with Gasteiger partial charge in [0.05, 0.1) is 19.6 Å². The standard InChI is InChI=1S/C19H20FNO4/c1-23-17-4-2-3-13-11-14(12-25-18(13)17)19(22)21-9-10-24-16-7-5-15(20)6-8-16/h2-8,14H,9-12H2,1H3,(H,21,22)/t14-/m1/s1. The summed E-state index contributed by atoms with van der Waals surface area (Å²) in [6, 6.07) is 11.4. The molecule has 0 fully saturated rings. The topological polar surface area (TPSA) is 56.8 Å². The molecule has 1 N–H and O–H groups in total. The summed E-state index contributed by atoms with van der Waals surface area (Å²) in [6.45, 7) is 1.01. The first-order valence-corrected chi connectivity index (χ1v) is 8.12. The van der Waals surface area contributed by atoms with E-state index in [0.717, 1.165) is 5.56 Å². The van der Waals surface area contributed by atoms with Crippen molar-refractivity contribution in [2.75, 3.05) is 26.9 Å². The molecule has 1 aliphatic heterocycles. The lowest BCUT2D eigenvalue weighted by molar-refractivity contribution is -0.126. The van der Waals surface area contributed by atoms with Crippen molar-refractivity contribution in [3.63, 3.8) is 0 Å². The molecule has 1 aliphatic rings. The molecule has 1 heterocycles. The zero-order chi connectivity index (χ0) is 17.6. The monoisotopic (exact) mass is 345 g/mol. The van der Waals surface area contributed by atoms with Crippen LogP contribution < -0.4 is 19.5 Å². The smallest absolute Gasteiger partial charge is 0.227 e. The van der Waals surface area contributed by atoms with E-state index in [9.17, 15) is 9.18 Å². The summed E-state index contributed by atoms with van der Waals surface area (Å²) in [5.41, 5.74) is 0.966. The lowest BCUT2D eigenvalue weighted by atomic mass is 9.95. The van der Waals surface area contributed by atoms with E-state index in [2.05, 4.69) is 5.32 Å². The summed E-state index contributed by atoms with van der Waals surface area (Å²) in [7, 11) is 1.60. The van der Waals surface area contributed by atoms with E-state index in [1.165, 1.54) is 12.1 Å². The molecule has 1 amide bonds. The first kappa shape index (κ1) is 17.1. The van der Waals surface area contributed by atoms with Crippen molar-refractivity contribution in [1.82, 2.24) is 5.32 Å². The number of fused-ring (bicyclic) bond motifs is 1. The largest absolute Gasteiger partial charge is 0.493 e. The SMILES string of the molecule is COc1cccc2c1OC[C@H](C(=O)NCCOc1ccc(F)cc1)C2. The lowest BCUT2D eigenvalue weighted by Gasteiger charge is -2.25.